The summed E-state index contributed by atoms with van der Waals surface area (Å²) in [7, 11) is 0. The third-order valence-electron chi connectivity index (χ3n) is 2.84. The van der Waals surface area contributed by atoms with E-state index in [1.807, 2.05) is 0 Å². The molecule has 1 aromatic rings. The lowest BCUT2D eigenvalue weighted by molar-refractivity contribution is -0.0217. The number of hydrogen-bond donors (Lipinski definition) is 0. The van der Waals surface area contributed by atoms with Crippen LogP contribution in [0.25, 0.3) is 0 Å². The summed E-state index contributed by atoms with van der Waals surface area (Å²) >= 11 is 0. The van der Waals surface area contributed by atoms with Crippen molar-refractivity contribution in [2.45, 2.75) is 32.1 Å². The normalized spacial score (nSPS) is 18.3. The molecule has 1 aliphatic rings. The van der Waals surface area contributed by atoms with Crippen LogP contribution < -0.4 is 0 Å². The fourth-order valence-corrected chi connectivity index (χ4v) is 2.01. The number of ketones is 1. The Hall–Kier alpha value is -1.25. The summed E-state index contributed by atoms with van der Waals surface area (Å²) in [6, 6.07) is 4.48. The second-order valence-corrected chi connectivity index (χ2v) is 3.99. The second-order valence-electron chi connectivity index (χ2n) is 3.99. The van der Waals surface area contributed by atoms with Gasteiger partial charge >= 0.3 is 0 Å². The third kappa shape index (κ3) is 1.78. The second kappa shape index (κ2) is 3.40. The lowest BCUT2D eigenvalue weighted by atomic mass is 9.87. The van der Waals surface area contributed by atoms with Crippen molar-refractivity contribution in [2.75, 3.05) is 0 Å². The lowest BCUT2D eigenvalue weighted by Crippen LogP contribution is -2.21. The molecule has 0 atom stereocenters. The number of fused-ring (bicyclic) bond motifs is 1. The van der Waals surface area contributed by atoms with Crippen LogP contribution >= 0.6 is 0 Å². The molecule has 0 unspecified atom stereocenters. The maximum absolute atomic E-state index is 13.4. The first-order valence-electron chi connectivity index (χ1n) is 5.03. The van der Waals surface area contributed by atoms with Crippen LogP contribution in [0.15, 0.2) is 18.2 Å². The zero-order valence-electron chi connectivity index (χ0n) is 8.52. The third-order valence-corrected chi connectivity index (χ3v) is 2.84. The van der Waals surface area contributed by atoms with Gasteiger partial charge in [-0.25, -0.2) is 8.78 Å². The molecule has 0 bridgehead atoms. The van der Waals surface area contributed by atoms with Crippen molar-refractivity contribution in [2.24, 2.45) is 0 Å². The first-order chi connectivity index (χ1) is 7.00. The molecular weight excluding hydrogens is 198 g/mol. The molecule has 3 heteroatoms. The number of halogens is 2. The number of carbonyl (C=O) groups excluding carboxylic acids is 1. The quantitative estimate of drug-likeness (QED) is 0.650. The Kier molecular flexibility index (Phi) is 2.33. The fourth-order valence-electron chi connectivity index (χ4n) is 2.01. The zero-order chi connectivity index (χ0) is 11.1. The van der Waals surface area contributed by atoms with Crippen LogP contribution in [0.4, 0.5) is 8.78 Å². The minimum atomic E-state index is -2.72. The molecule has 0 aliphatic heterocycles. The average Bonchev–Trinajstić information content (AvgIpc) is 2.16. The monoisotopic (exact) mass is 210 g/mol. The van der Waals surface area contributed by atoms with E-state index in [-0.39, 0.29) is 17.8 Å². The van der Waals surface area contributed by atoms with E-state index in [0.29, 0.717) is 24.0 Å². The van der Waals surface area contributed by atoms with Crippen molar-refractivity contribution in [1.82, 2.24) is 0 Å². The Balaban J connectivity index is 2.50. The van der Waals surface area contributed by atoms with Crippen LogP contribution in [0, 0.1) is 0 Å². The number of alkyl halides is 2. The van der Waals surface area contributed by atoms with Crippen LogP contribution in [-0.2, 0) is 12.3 Å². The van der Waals surface area contributed by atoms with E-state index >= 15 is 0 Å². The molecule has 2 rings (SSSR count). The van der Waals surface area contributed by atoms with Crippen molar-refractivity contribution in [3.05, 3.63) is 34.9 Å². The van der Waals surface area contributed by atoms with Gasteiger partial charge in [-0.15, -0.1) is 0 Å². The highest BCUT2D eigenvalue weighted by molar-refractivity contribution is 5.94. The zero-order valence-corrected chi connectivity index (χ0v) is 8.52. The summed E-state index contributed by atoms with van der Waals surface area (Å²) in [5.41, 5.74) is 1.24. The van der Waals surface area contributed by atoms with Gasteiger partial charge in [-0.05, 0) is 31.4 Å². The van der Waals surface area contributed by atoms with Crippen molar-refractivity contribution in [3.8, 4) is 0 Å². The van der Waals surface area contributed by atoms with E-state index in [0.717, 1.165) is 0 Å². The van der Waals surface area contributed by atoms with Crippen molar-refractivity contribution < 1.29 is 13.6 Å². The van der Waals surface area contributed by atoms with Gasteiger partial charge in [0.15, 0.2) is 5.78 Å². The Morgan fingerprint density at radius 1 is 1.40 bits per heavy atom. The highest BCUT2D eigenvalue weighted by atomic mass is 19.3. The van der Waals surface area contributed by atoms with Crippen molar-refractivity contribution >= 4 is 5.78 Å². The van der Waals surface area contributed by atoms with Gasteiger partial charge in [0, 0.05) is 17.5 Å². The van der Waals surface area contributed by atoms with Crippen LogP contribution in [0.5, 0.6) is 0 Å². The smallest absolute Gasteiger partial charge is 0.273 e. The van der Waals surface area contributed by atoms with E-state index in [2.05, 4.69) is 0 Å². The summed E-state index contributed by atoms with van der Waals surface area (Å²) in [6.45, 7) is 1.45. The van der Waals surface area contributed by atoms with Crippen LogP contribution in [0.3, 0.4) is 0 Å². The molecule has 0 heterocycles. The molecule has 15 heavy (non-hydrogen) atoms. The molecule has 0 saturated carbocycles. The molecule has 80 valence electrons. The molecule has 0 aromatic heterocycles. The van der Waals surface area contributed by atoms with E-state index in [9.17, 15) is 13.6 Å². The molecule has 0 radical (unpaired) electrons. The fraction of sp³-hybridized carbons (Fsp3) is 0.417. The van der Waals surface area contributed by atoms with Gasteiger partial charge in [0.2, 0.25) is 0 Å². The van der Waals surface area contributed by atoms with Gasteiger partial charge < -0.3 is 0 Å². The molecular formula is C12H12F2O. The standard InChI is InChI=1S/C12H12F2O/c1-8(15)9-4-5-11-10(7-9)3-2-6-12(11,13)14/h4-5,7H,2-3,6H2,1H3. The molecule has 0 N–H and O–H groups in total. The summed E-state index contributed by atoms with van der Waals surface area (Å²) in [6.07, 6.45) is 1.05. The maximum Gasteiger partial charge on any atom is 0.273 e. The van der Waals surface area contributed by atoms with Crippen molar-refractivity contribution in [3.63, 3.8) is 0 Å². The largest absolute Gasteiger partial charge is 0.295 e. The topological polar surface area (TPSA) is 17.1 Å². The van der Waals surface area contributed by atoms with Gasteiger partial charge in [-0.3, -0.25) is 4.79 Å². The number of aryl methyl sites for hydroxylation is 1. The Labute approximate surface area is 87.1 Å². The molecule has 1 nitrogen and oxygen atoms in total. The predicted octanol–water partition coefficient (Wildman–Crippen LogP) is 3.32. The molecule has 0 amide bonds. The highest BCUT2D eigenvalue weighted by Gasteiger charge is 2.36. The first-order valence-corrected chi connectivity index (χ1v) is 5.03. The van der Waals surface area contributed by atoms with Gasteiger partial charge in [-0.1, -0.05) is 12.1 Å². The Morgan fingerprint density at radius 2 is 2.13 bits per heavy atom. The van der Waals surface area contributed by atoms with Crippen LogP contribution in [0.2, 0.25) is 0 Å². The number of carbonyl (C=O) groups is 1. The van der Waals surface area contributed by atoms with Crippen LogP contribution in [0.1, 0.15) is 41.3 Å². The van der Waals surface area contributed by atoms with Crippen LogP contribution in [-0.4, -0.2) is 5.78 Å². The molecule has 1 aliphatic carbocycles. The van der Waals surface area contributed by atoms with E-state index in [4.69, 9.17) is 0 Å². The van der Waals surface area contributed by atoms with Gasteiger partial charge in [0.25, 0.3) is 5.92 Å². The lowest BCUT2D eigenvalue weighted by Gasteiger charge is -2.25. The Bertz CT molecular complexity index is 410. The van der Waals surface area contributed by atoms with Gasteiger partial charge in [0.1, 0.15) is 0 Å². The van der Waals surface area contributed by atoms with E-state index < -0.39 is 5.92 Å². The van der Waals surface area contributed by atoms with E-state index in [1.165, 1.54) is 19.1 Å². The number of benzene rings is 1. The number of hydrogen-bond acceptors (Lipinski definition) is 1. The maximum atomic E-state index is 13.4. The van der Waals surface area contributed by atoms with Crippen molar-refractivity contribution in [1.29, 1.82) is 0 Å². The summed E-state index contributed by atoms with van der Waals surface area (Å²) < 4.78 is 26.9. The molecule has 1 aromatic carbocycles. The predicted molar refractivity (Wildman–Crippen MR) is 53.3 cm³/mol. The number of rotatable bonds is 1. The summed E-state index contributed by atoms with van der Waals surface area (Å²) in [5.74, 6) is -2.80. The van der Waals surface area contributed by atoms with Gasteiger partial charge in [-0.2, -0.15) is 0 Å². The first kappa shape index (κ1) is 10.3. The SMILES string of the molecule is CC(=O)c1ccc2c(c1)CCCC2(F)F. The van der Waals surface area contributed by atoms with Gasteiger partial charge in [0.05, 0.1) is 0 Å². The minimum Gasteiger partial charge on any atom is -0.295 e. The molecule has 0 saturated heterocycles. The molecule has 0 fully saturated rings. The summed E-state index contributed by atoms with van der Waals surface area (Å²) in [4.78, 5) is 11.1. The Morgan fingerprint density at radius 3 is 2.80 bits per heavy atom. The number of Topliss-reactive ketones (excluding diaryl/α,β-unsaturated/α-hetero) is 1. The van der Waals surface area contributed by atoms with E-state index in [1.54, 1.807) is 6.07 Å². The average molecular weight is 210 g/mol. The minimum absolute atomic E-state index is 0.0771. The summed E-state index contributed by atoms with van der Waals surface area (Å²) in [5, 5.41) is 0. The molecule has 0 spiro atoms. The highest BCUT2D eigenvalue weighted by Crippen LogP contribution is 2.40.